The Hall–Kier alpha value is -9.38. The molecule has 83 heavy (non-hydrogen) atoms. The van der Waals surface area contributed by atoms with E-state index in [2.05, 4.69) is 64.0 Å². The number of fused-ring (bicyclic) bond motifs is 4. The van der Waals surface area contributed by atoms with E-state index in [9.17, 15) is 33.6 Å². The molecular formula is C60H65N13O10. The number of hydrogen-bond acceptors (Lipinski definition) is 17. The average molecular weight is 1130 g/mol. The standard InChI is InChI=1S/C60H65N13O10/c1-4-82-59(79)42-31-63-51(29-47(42)65-45-17-9-16-41(53(45)81-3)54-64-34-70(2)69-54)67-50-21-19-35(30-62-50)55(75)61-24-23-46(66-60(80)83-33-44-38-13-7-5-11-36(38)37-12-6-8-14-39(37)44)58(78)72-27-25-71(26-28-72)48-18-10-15-40-43(48)32-73(57(40)77)49-20-22-52(74)68-56(49)76/h5-18,29,31,34-35,44,46,49-50,62H,4,19-28,30,32-33H2,1-3H3,(H,61,75)(H,66,80)(H2,63,65,67)(H,68,74,76)/t35?,46-,49?,50?/m0/s1. The second-order valence-corrected chi connectivity index (χ2v) is 21.1. The van der Waals surface area contributed by atoms with E-state index in [1.807, 2.05) is 66.7 Å². The van der Waals surface area contributed by atoms with Crippen LogP contribution in [0.5, 0.6) is 5.75 Å². The summed E-state index contributed by atoms with van der Waals surface area (Å²) in [4.78, 5) is 108. The predicted octanol–water partition coefficient (Wildman–Crippen LogP) is 5.07. The Morgan fingerprint density at radius 3 is 2.25 bits per heavy atom. The lowest BCUT2D eigenvalue weighted by atomic mass is 9.96. The molecule has 3 saturated heterocycles. The number of aromatic nitrogens is 4. The van der Waals surface area contributed by atoms with E-state index >= 15 is 0 Å². The van der Waals surface area contributed by atoms with Crippen molar-refractivity contribution >= 4 is 64.5 Å². The van der Waals surface area contributed by atoms with Crippen molar-refractivity contribution in [2.75, 3.05) is 75.1 Å². The third kappa shape index (κ3) is 11.7. The fourth-order valence-electron chi connectivity index (χ4n) is 11.8. The molecular weight excluding hydrogens is 1060 g/mol. The van der Waals surface area contributed by atoms with Crippen molar-refractivity contribution in [3.8, 4) is 28.3 Å². The highest BCUT2D eigenvalue weighted by Crippen LogP contribution is 2.45. The SMILES string of the molecule is CCOC(=O)c1cnc(NC2CCC(C(=O)NCC[C@H](NC(=O)OCC3c4ccccc4-c4ccccc43)C(=O)N3CCN(c4cccc5c4CN(C4CCC(=O)NC4=O)C5=O)CC3)CN2)cc1Nc1cccc(-c2ncn(C)n2)c1OC. The molecule has 6 amide bonds. The number of carbonyl (C=O) groups is 7. The average Bonchev–Trinajstić information content (AvgIpc) is 4.33. The van der Waals surface area contributed by atoms with Crippen molar-refractivity contribution in [1.82, 2.24) is 50.8 Å². The molecule has 0 bridgehead atoms. The first-order valence-electron chi connectivity index (χ1n) is 28.0. The second-order valence-electron chi connectivity index (χ2n) is 21.1. The molecule has 0 saturated carbocycles. The van der Waals surface area contributed by atoms with E-state index in [0.717, 1.165) is 33.5 Å². The van der Waals surface area contributed by atoms with Gasteiger partial charge in [0.15, 0.2) is 11.6 Å². The molecule has 23 nitrogen and oxygen atoms in total. The smallest absolute Gasteiger partial charge is 0.407 e. The number of carbonyl (C=O) groups excluding carboxylic acids is 7. The molecule has 3 fully saturated rings. The largest absolute Gasteiger partial charge is 0.494 e. The maximum absolute atomic E-state index is 14.6. The molecule has 6 aromatic rings. The third-order valence-electron chi connectivity index (χ3n) is 16.0. The summed E-state index contributed by atoms with van der Waals surface area (Å²) >= 11 is 0. The van der Waals surface area contributed by atoms with Crippen LogP contribution in [-0.4, -0.2) is 149 Å². The van der Waals surface area contributed by atoms with Gasteiger partial charge in [-0.25, -0.2) is 19.6 Å². The summed E-state index contributed by atoms with van der Waals surface area (Å²) in [7, 11) is 3.32. The number of pyridine rings is 1. The number of piperazine rings is 1. The summed E-state index contributed by atoms with van der Waals surface area (Å²) < 4.78 is 18.7. The van der Waals surface area contributed by atoms with Crippen LogP contribution >= 0.6 is 0 Å². The number of nitrogens with zero attached hydrogens (tertiary/aromatic N) is 7. The van der Waals surface area contributed by atoms with E-state index in [1.54, 1.807) is 49.1 Å². The number of piperidine rings is 2. The highest BCUT2D eigenvalue weighted by molar-refractivity contribution is 6.06. The number of hydrogen-bond donors (Lipinski definition) is 6. The molecule has 0 spiro atoms. The highest BCUT2D eigenvalue weighted by Gasteiger charge is 2.41. The molecule has 6 N–H and O–H groups in total. The number of rotatable bonds is 18. The summed E-state index contributed by atoms with van der Waals surface area (Å²) in [5.74, 6) is -1.39. The van der Waals surface area contributed by atoms with Crippen LogP contribution in [0.15, 0.2) is 104 Å². The van der Waals surface area contributed by atoms with Crippen molar-refractivity contribution in [1.29, 1.82) is 0 Å². The number of benzene rings is 4. The fourth-order valence-corrected chi connectivity index (χ4v) is 11.8. The summed E-state index contributed by atoms with van der Waals surface area (Å²) in [5.41, 5.74) is 8.22. The molecule has 3 unspecified atom stereocenters. The fraction of sp³-hybridized carbons (Fsp3) is 0.367. The van der Waals surface area contributed by atoms with Crippen molar-refractivity contribution in [3.05, 3.63) is 131 Å². The van der Waals surface area contributed by atoms with Gasteiger partial charge in [-0.15, -0.1) is 0 Å². The molecule has 23 heteroatoms. The first kappa shape index (κ1) is 55.5. The Morgan fingerprint density at radius 1 is 0.819 bits per heavy atom. The van der Waals surface area contributed by atoms with Gasteiger partial charge in [0.25, 0.3) is 5.91 Å². The lowest BCUT2D eigenvalue weighted by molar-refractivity contribution is -0.137. The van der Waals surface area contributed by atoms with Crippen LogP contribution in [0.2, 0.25) is 0 Å². The van der Waals surface area contributed by atoms with Gasteiger partial charge in [-0.3, -0.25) is 39.3 Å². The molecule has 11 rings (SSSR count). The Labute approximate surface area is 478 Å². The van der Waals surface area contributed by atoms with Crippen LogP contribution in [0.3, 0.4) is 0 Å². The monoisotopic (exact) mass is 1130 g/mol. The van der Waals surface area contributed by atoms with Crippen LogP contribution in [0.4, 0.5) is 27.7 Å². The van der Waals surface area contributed by atoms with E-state index in [1.165, 1.54) is 11.1 Å². The van der Waals surface area contributed by atoms with Gasteiger partial charge < -0.3 is 50.2 Å². The van der Waals surface area contributed by atoms with Gasteiger partial charge in [-0.1, -0.05) is 60.7 Å². The molecule has 4 atom stereocenters. The summed E-state index contributed by atoms with van der Waals surface area (Å²) in [5, 5.41) is 22.8. The van der Waals surface area contributed by atoms with Gasteiger partial charge in [-0.05, 0) is 79.1 Å². The van der Waals surface area contributed by atoms with Crippen LogP contribution in [-0.2, 0) is 42.2 Å². The predicted molar refractivity (Wildman–Crippen MR) is 306 cm³/mol. The number of amides is 6. The van der Waals surface area contributed by atoms with Crippen molar-refractivity contribution in [2.45, 2.75) is 69.7 Å². The van der Waals surface area contributed by atoms with Crippen LogP contribution in [0, 0.1) is 5.92 Å². The van der Waals surface area contributed by atoms with E-state index in [4.69, 9.17) is 14.2 Å². The minimum Gasteiger partial charge on any atom is -0.494 e. The van der Waals surface area contributed by atoms with Gasteiger partial charge in [0, 0.05) is 94.3 Å². The molecule has 4 aliphatic heterocycles. The molecule has 1 aliphatic carbocycles. The number of methoxy groups -OCH3 is 1. The summed E-state index contributed by atoms with van der Waals surface area (Å²) in [6.07, 6.45) is 3.57. The molecule has 0 radical (unpaired) electrons. The van der Waals surface area contributed by atoms with Gasteiger partial charge in [0.05, 0.1) is 42.7 Å². The van der Waals surface area contributed by atoms with E-state index < -0.39 is 36.0 Å². The number of alkyl carbamates (subject to hydrolysis) is 1. The summed E-state index contributed by atoms with van der Waals surface area (Å²) in [6.45, 7) is 4.04. The topological polar surface area (TPSA) is 273 Å². The number of anilines is 4. The van der Waals surface area contributed by atoms with Crippen LogP contribution in [0.25, 0.3) is 22.5 Å². The minimum atomic E-state index is -1.04. The first-order chi connectivity index (χ1) is 40.3. The number of imide groups is 1. The molecule has 4 aromatic carbocycles. The van der Waals surface area contributed by atoms with E-state index in [0.29, 0.717) is 85.5 Å². The summed E-state index contributed by atoms with van der Waals surface area (Å²) in [6, 6.07) is 27.0. The number of ether oxygens (including phenoxy) is 3. The Kier molecular flexibility index (Phi) is 16.3. The van der Waals surface area contributed by atoms with Crippen LogP contribution in [0.1, 0.15) is 82.4 Å². The van der Waals surface area contributed by atoms with E-state index in [-0.39, 0.29) is 86.8 Å². The van der Waals surface area contributed by atoms with Crippen molar-refractivity contribution < 1.29 is 47.8 Å². The third-order valence-corrected chi connectivity index (χ3v) is 16.0. The molecule has 430 valence electrons. The maximum atomic E-state index is 14.6. The van der Waals surface area contributed by atoms with Crippen molar-refractivity contribution in [2.24, 2.45) is 13.0 Å². The normalized spacial score (nSPS) is 18.8. The van der Waals surface area contributed by atoms with Crippen molar-refractivity contribution in [3.63, 3.8) is 0 Å². The maximum Gasteiger partial charge on any atom is 0.407 e. The highest BCUT2D eigenvalue weighted by atomic mass is 16.5. The Morgan fingerprint density at radius 2 is 1.55 bits per heavy atom. The number of para-hydroxylation sites is 1. The number of esters is 1. The number of nitrogens with one attached hydrogen (secondary N) is 6. The van der Waals surface area contributed by atoms with Gasteiger partial charge in [0.1, 0.15) is 36.4 Å². The zero-order chi connectivity index (χ0) is 57.7. The van der Waals surface area contributed by atoms with Gasteiger partial charge >= 0.3 is 12.1 Å². The Balaban J connectivity index is 0.722. The van der Waals surface area contributed by atoms with Gasteiger partial charge in [0.2, 0.25) is 23.6 Å². The molecule has 2 aromatic heterocycles. The molecule has 5 aliphatic rings. The minimum absolute atomic E-state index is 0.0493. The van der Waals surface area contributed by atoms with Crippen LogP contribution < -0.4 is 41.5 Å². The zero-order valence-electron chi connectivity index (χ0n) is 46.3. The van der Waals surface area contributed by atoms with Gasteiger partial charge in [-0.2, -0.15) is 5.10 Å². The quantitative estimate of drug-likeness (QED) is 0.0484. The lowest BCUT2D eigenvalue weighted by Crippen LogP contribution is -2.56. The Bertz CT molecular complexity index is 3440. The second kappa shape index (κ2) is 24.4. The lowest BCUT2D eigenvalue weighted by Gasteiger charge is -2.38. The zero-order valence-corrected chi connectivity index (χ0v) is 46.3. The number of aryl methyl sites for hydroxylation is 1. The molecule has 6 heterocycles. The first-order valence-corrected chi connectivity index (χ1v) is 28.0.